The lowest BCUT2D eigenvalue weighted by atomic mass is 10.1. The Kier molecular flexibility index (Phi) is 4.98. The first kappa shape index (κ1) is 19.3. The number of aryl methyl sites for hydroxylation is 1. The first-order valence-electron chi connectivity index (χ1n) is 9.16. The molecule has 0 saturated carbocycles. The number of nitrogens with one attached hydrogen (secondary N) is 2. The fourth-order valence-corrected chi connectivity index (χ4v) is 3.27. The maximum Gasteiger partial charge on any atom is 0.290 e. The number of nitrogens with zero attached hydrogens (tertiary/aromatic N) is 4. The van der Waals surface area contributed by atoms with Crippen molar-refractivity contribution in [2.75, 3.05) is 6.61 Å². The molecule has 1 aromatic carbocycles. The summed E-state index contributed by atoms with van der Waals surface area (Å²) in [5.74, 6) is -1.25. The summed E-state index contributed by atoms with van der Waals surface area (Å²) in [6, 6.07) is 11.9. The van der Waals surface area contributed by atoms with Crippen molar-refractivity contribution in [3.63, 3.8) is 0 Å². The quantitative estimate of drug-likeness (QED) is 0.421. The molecule has 0 aliphatic heterocycles. The van der Waals surface area contributed by atoms with E-state index in [4.69, 9.17) is 0 Å². The highest BCUT2D eigenvalue weighted by Gasteiger charge is 2.20. The van der Waals surface area contributed by atoms with Gasteiger partial charge in [-0.05, 0) is 25.1 Å². The van der Waals surface area contributed by atoms with Crippen LogP contribution in [0, 0.1) is 6.92 Å². The summed E-state index contributed by atoms with van der Waals surface area (Å²) in [5, 5.41) is 13.9. The Morgan fingerprint density at radius 2 is 1.73 bits per heavy atom. The molecule has 2 amide bonds. The minimum Gasteiger partial charge on any atom is -0.394 e. The number of hydrogen-bond acceptors (Lipinski definition) is 6. The lowest BCUT2D eigenvalue weighted by Crippen LogP contribution is -2.43. The highest BCUT2D eigenvalue weighted by molar-refractivity contribution is 6.06. The van der Waals surface area contributed by atoms with Crippen LogP contribution < -0.4 is 16.4 Å². The molecule has 152 valence electrons. The maximum atomic E-state index is 12.8. The average molecular weight is 406 g/mol. The van der Waals surface area contributed by atoms with Gasteiger partial charge >= 0.3 is 0 Å². The normalized spacial score (nSPS) is 11.0. The highest BCUT2D eigenvalue weighted by Crippen LogP contribution is 2.14. The number of aromatic nitrogens is 4. The SMILES string of the molecule is Cc1nc2ccccn2c1C(=O)NNC(=O)c1nn(CCO)c(=O)c2ccccc12. The highest BCUT2D eigenvalue weighted by atomic mass is 16.3. The number of aliphatic hydroxyl groups is 1. The Hall–Kier alpha value is -4.05. The monoisotopic (exact) mass is 406 g/mol. The van der Waals surface area contributed by atoms with E-state index in [0.717, 1.165) is 4.68 Å². The summed E-state index contributed by atoms with van der Waals surface area (Å²) in [6.07, 6.45) is 1.70. The molecule has 0 spiro atoms. The third-order valence-electron chi connectivity index (χ3n) is 4.60. The van der Waals surface area contributed by atoms with E-state index in [-0.39, 0.29) is 29.9 Å². The van der Waals surface area contributed by atoms with Crippen molar-refractivity contribution in [3.8, 4) is 0 Å². The molecule has 0 atom stereocenters. The molecule has 0 aliphatic carbocycles. The fourth-order valence-electron chi connectivity index (χ4n) is 3.27. The van der Waals surface area contributed by atoms with Crippen LogP contribution in [0.2, 0.25) is 0 Å². The summed E-state index contributed by atoms with van der Waals surface area (Å²) >= 11 is 0. The summed E-state index contributed by atoms with van der Waals surface area (Å²) in [4.78, 5) is 42.2. The van der Waals surface area contributed by atoms with Crippen LogP contribution in [-0.4, -0.2) is 42.7 Å². The van der Waals surface area contributed by atoms with Crippen molar-refractivity contribution in [2.24, 2.45) is 0 Å². The van der Waals surface area contributed by atoms with Crippen LogP contribution in [-0.2, 0) is 6.54 Å². The van der Waals surface area contributed by atoms with Gasteiger partial charge in [0.15, 0.2) is 5.69 Å². The third kappa shape index (κ3) is 3.29. The zero-order valence-electron chi connectivity index (χ0n) is 16.0. The van der Waals surface area contributed by atoms with Crippen molar-refractivity contribution >= 4 is 28.2 Å². The van der Waals surface area contributed by atoms with Crippen LogP contribution in [0.15, 0.2) is 53.5 Å². The Bertz CT molecular complexity index is 1340. The summed E-state index contributed by atoms with van der Waals surface area (Å²) in [6.45, 7) is 1.33. The number of amides is 2. The van der Waals surface area contributed by atoms with E-state index < -0.39 is 17.4 Å². The first-order valence-corrected chi connectivity index (χ1v) is 9.16. The smallest absolute Gasteiger partial charge is 0.290 e. The molecular formula is C20H18N6O4. The molecule has 30 heavy (non-hydrogen) atoms. The second-order valence-electron chi connectivity index (χ2n) is 6.53. The molecule has 0 bridgehead atoms. The van der Waals surface area contributed by atoms with Gasteiger partial charge in [0.1, 0.15) is 11.3 Å². The van der Waals surface area contributed by atoms with Crippen LogP contribution >= 0.6 is 0 Å². The third-order valence-corrected chi connectivity index (χ3v) is 4.60. The molecule has 3 aromatic heterocycles. The van der Waals surface area contributed by atoms with Crippen LogP contribution in [0.1, 0.15) is 26.7 Å². The average Bonchev–Trinajstić information content (AvgIpc) is 3.09. The number of hydrogen-bond donors (Lipinski definition) is 3. The number of benzene rings is 1. The van der Waals surface area contributed by atoms with E-state index in [0.29, 0.717) is 16.7 Å². The molecule has 4 aromatic rings. The molecule has 0 fully saturated rings. The van der Waals surface area contributed by atoms with Gasteiger partial charge in [0.05, 0.1) is 24.2 Å². The number of imidazole rings is 1. The van der Waals surface area contributed by atoms with E-state index in [9.17, 15) is 19.5 Å². The number of fused-ring (bicyclic) bond motifs is 2. The predicted octanol–water partition coefficient (Wildman–Crippen LogP) is 0.420. The Labute approximate surface area is 169 Å². The van der Waals surface area contributed by atoms with Gasteiger partial charge in [-0.1, -0.05) is 24.3 Å². The molecule has 10 nitrogen and oxygen atoms in total. The fraction of sp³-hybridized carbons (Fsp3) is 0.150. The largest absolute Gasteiger partial charge is 0.394 e. The molecule has 0 radical (unpaired) electrons. The van der Waals surface area contributed by atoms with Crippen molar-refractivity contribution in [1.82, 2.24) is 30.0 Å². The summed E-state index contributed by atoms with van der Waals surface area (Å²) in [7, 11) is 0. The van der Waals surface area contributed by atoms with E-state index in [2.05, 4.69) is 20.9 Å². The van der Waals surface area contributed by atoms with Crippen LogP contribution in [0.3, 0.4) is 0 Å². The molecule has 0 saturated heterocycles. The lowest BCUT2D eigenvalue weighted by molar-refractivity contribution is 0.0840. The number of carbonyl (C=O) groups is 2. The first-order chi connectivity index (χ1) is 14.5. The Balaban J connectivity index is 1.63. The van der Waals surface area contributed by atoms with Crippen molar-refractivity contribution in [2.45, 2.75) is 13.5 Å². The predicted molar refractivity (Wildman–Crippen MR) is 108 cm³/mol. The van der Waals surface area contributed by atoms with Crippen LogP contribution in [0.4, 0.5) is 0 Å². The van der Waals surface area contributed by atoms with Crippen molar-refractivity contribution in [3.05, 3.63) is 76.1 Å². The number of rotatable bonds is 4. The minimum atomic E-state index is -0.697. The molecule has 0 aliphatic rings. The van der Waals surface area contributed by atoms with E-state index in [1.807, 2.05) is 6.07 Å². The molecule has 3 heterocycles. The van der Waals surface area contributed by atoms with Gasteiger partial charge in [-0.2, -0.15) is 5.10 Å². The second-order valence-corrected chi connectivity index (χ2v) is 6.53. The van der Waals surface area contributed by atoms with Crippen molar-refractivity contribution < 1.29 is 14.7 Å². The van der Waals surface area contributed by atoms with Crippen LogP contribution in [0.5, 0.6) is 0 Å². The van der Waals surface area contributed by atoms with Gasteiger partial charge < -0.3 is 5.11 Å². The van der Waals surface area contributed by atoms with Gasteiger partial charge in [0, 0.05) is 11.6 Å². The van der Waals surface area contributed by atoms with Crippen molar-refractivity contribution in [1.29, 1.82) is 0 Å². The van der Waals surface area contributed by atoms with Gasteiger partial charge in [-0.15, -0.1) is 0 Å². The second kappa shape index (κ2) is 7.76. The zero-order chi connectivity index (χ0) is 21.3. The molecular weight excluding hydrogens is 388 g/mol. The van der Waals surface area contributed by atoms with Gasteiger partial charge in [0.2, 0.25) is 0 Å². The maximum absolute atomic E-state index is 12.8. The molecule has 10 heteroatoms. The van der Waals surface area contributed by atoms with E-state index >= 15 is 0 Å². The molecule has 3 N–H and O–H groups in total. The van der Waals surface area contributed by atoms with Gasteiger partial charge in [-0.25, -0.2) is 9.67 Å². The number of carbonyl (C=O) groups excluding carboxylic acids is 2. The molecule has 4 rings (SSSR count). The summed E-state index contributed by atoms with van der Waals surface area (Å²) < 4.78 is 2.64. The summed E-state index contributed by atoms with van der Waals surface area (Å²) in [5.41, 5.74) is 5.65. The zero-order valence-corrected chi connectivity index (χ0v) is 16.0. The van der Waals surface area contributed by atoms with E-state index in [1.165, 1.54) is 0 Å². The lowest BCUT2D eigenvalue weighted by Gasteiger charge is -2.11. The molecule has 0 unspecified atom stereocenters. The Morgan fingerprint density at radius 1 is 1.03 bits per heavy atom. The topological polar surface area (TPSA) is 131 Å². The number of pyridine rings is 1. The van der Waals surface area contributed by atoms with Crippen LogP contribution in [0.25, 0.3) is 16.4 Å². The minimum absolute atomic E-state index is 0.0474. The van der Waals surface area contributed by atoms with Gasteiger partial charge in [0.25, 0.3) is 17.4 Å². The number of hydrazine groups is 1. The standard InChI is InChI=1S/C20H18N6O4/c1-12-17(25-9-5-4-8-15(25)21-12)19(29)23-22-18(28)16-13-6-2-3-7-14(13)20(30)26(24-16)10-11-27/h2-9,27H,10-11H2,1H3,(H,22,28)(H,23,29). The van der Waals surface area contributed by atoms with E-state index in [1.54, 1.807) is 53.9 Å². The van der Waals surface area contributed by atoms with Gasteiger partial charge in [-0.3, -0.25) is 29.6 Å². The Morgan fingerprint density at radius 3 is 2.50 bits per heavy atom. The number of aliphatic hydroxyl groups excluding tert-OH is 1.